The van der Waals surface area contributed by atoms with Crippen molar-refractivity contribution in [2.24, 2.45) is 0 Å². The number of carbonyl (C=O) groups is 1. The van der Waals surface area contributed by atoms with Crippen molar-refractivity contribution in [1.29, 1.82) is 0 Å². The van der Waals surface area contributed by atoms with E-state index in [2.05, 4.69) is 25.1 Å². The summed E-state index contributed by atoms with van der Waals surface area (Å²) in [5.41, 5.74) is 1.95. The Bertz CT molecular complexity index is 997. The van der Waals surface area contributed by atoms with E-state index in [4.69, 9.17) is 11.6 Å². The zero-order valence-electron chi connectivity index (χ0n) is 13.0. The molecule has 0 saturated carbocycles. The average Bonchev–Trinajstić information content (AvgIpc) is 3.07. The van der Waals surface area contributed by atoms with Crippen LogP contribution in [0.3, 0.4) is 0 Å². The maximum absolute atomic E-state index is 12.6. The predicted molar refractivity (Wildman–Crippen MR) is 90.1 cm³/mol. The molecule has 0 aliphatic carbocycles. The van der Waals surface area contributed by atoms with Crippen LogP contribution in [0.5, 0.6) is 0 Å². The van der Waals surface area contributed by atoms with Crippen LogP contribution in [0.4, 0.5) is 0 Å². The van der Waals surface area contributed by atoms with E-state index in [0.29, 0.717) is 35.6 Å². The van der Waals surface area contributed by atoms with Gasteiger partial charge >= 0.3 is 0 Å². The quantitative estimate of drug-likeness (QED) is 0.721. The largest absolute Gasteiger partial charge is 0.331 e. The van der Waals surface area contributed by atoms with Crippen LogP contribution in [0, 0.1) is 0 Å². The first-order valence-corrected chi connectivity index (χ1v) is 8.02. The molecule has 1 amide bonds. The maximum atomic E-state index is 12.6. The molecule has 1 aliphatic rings. The van der Waals surface area contributed by atoms with Gasteiger partial charge in [0.1, 0.15) is 11.5 Å². The zero-order valence-corrected chi connectivity index (χ0v) is 13.7. The highest BCUT2D eigenvalue weighted by atomic mass is 35.5. The molecule has 0 fully saturated rings. The van der Waals surface area contributed by atoms with E-state index < -0.39 is 0 Å². The van der Waals surface area contributed by atoms with Gasteiger partial charge in [0.05, 0.1) is 23.5 Å². The molecule has 0 radical (unpaired) electrons. The molecule has 2 N–H and O–H groups in total. The van der Waals surface area contributed by atoms with Gasteiger partial charge in [0, 0.05) is 30.1 Å². The summed E-state index contributed by atoms with van der Waals surface area (Å²) in [5.74, 6) is 0.170. The minimum Gasteiger partial charge on any atom is -0.331 e. The molecule has 0 aromatic carbocycles. The van der Waals surface area contributed by atoms with Gasteiger partial charge in [-0.3, -0.25) is 19.7 Å². The standard InChI is InChI=1S/C16H13ClN6O2/c17-11-7-19-22-13(11)16(25)23-5-3-10-12(8-23)20-14(21-15(10)24)9-2-1-4-18-6-9/h1-2,4,6-7H,3,5,8H2,(H,19,22)(H,20,21,24). The number of pyridine rings is 1. The molecule has 1 aliphatic heterocycles. The van der Waals surface area contributed by atoms with Crippen molar-refractivity contribution in [2.75, 3.05) is 6.54 Å². The van der Waals surface area contributed by atoms with E-state index >= 15 is 0 Å². The molecular formula is C16H13ClN6O2. The van der Waals surface area contributed by atoms with Crippen molar-refractivity contribution < 1.29 is 4.79 Å². The van der Waals surface area contributed by atoms with Gasteiger partial charge in [0.15, 0.2) is 0 Å². The van der Waals surface area contributed by atoms with Gasteiger partial charge in [0.2, 0.25) is 0 Å². The fourth-order valence-corrected chi connectivity index (χ4v) is 3.00. The van der Waals surface area contributed by atoms with Crippen LogP contribution in [0.2, 0.25) is 5.02 Å². The SMILES string of the molecule is O=C(c1[nH]ncc1Cl)N1CCc2c(nc(-c3cccnc3)[nH]c2=O)C1. The smallest absolute Gasteiger partial charge is 0.273 e. The van der Waals surface area contributed by atoms with Crippen LogP contribution in [0.15, 0.2) is 35.5 Å². The minimum atomic E-state index is -0.266. The monoisotopic (exact) mass is 356 g/mol. The van der Waals surface area contributed by atoms with Gasteiger partial charge in [-0.1, -0.05) is 11.6 Å². The fourth-order valence-electron chi connectivity index (χ4n) is 2.83. The Morgan fingerprint density at radius 3 is 2.92 bits per heavy atom. The summed E-state index contributed by atoms with van der Waals surface area (Å²) in [6.45, 7) is 0.652. The lowest BCUT2D eigenvalue weighted by Crippen LogP contribution is -2.39. The number of fused-ring (bicyclic) bond motifs is 1. The number of nitrogens with zero attached hydrogens (tertiary/aromatic N) is 4. The maximum Gasteiger partial charge on any atom is 0.273 e. The second kappa shape index (κ2) is 6.14. The Hall–Kier alpha value is -3.00. The summed E-state index contributed by atoms with van der Waals surface area (Å²) in [4.78, 5) is 37.9. The highest BCUT2D eigenvalue weighted by molar-refractivity contribution is 6.33. The number of nitrogens with one attached hydrogen (secondary N) is 2. The molecule has 0 unspecified atom stereocenters. The molecule has 0 saturated heterocycles. The van der Waals surface area contributed by atoms with Crippen molar-refractivity contribution in [2.45, 2.75) is 13.0 Å². The molecule has 4 rings (SSSR count). The molecule has 3 aromatic rings. The van der Waals surface area contributed by atoms with E-state index in [1.807, 2.05) is 6.07 Å². The lowest BCUT2D eigenvalue weighted by Gasteiger charge is -2.27. The van der Waals surface area contributed by atoms with Crippen molar-refractivity contribution in [3.63, 3.8) is 0 Å². The van der Waals surface area contributed by atoms with E-state index in [1.165, 1.54) is 6.20 Å². The van der Waals surface area contributed by atoms with Gasteiger partial charge < -0.3 is 9.88 Å². The van der Waals surface area contributed by atoms with E-state index in [0.717, 1.165) is 0 Å². The van der Waals surface area contributed by atoms with Crippen LogP contribution in [0.25, 0.3) is 11.4 Å². The van der Waals surface area contributed by atoms with E-state index in [-0.39, 0.29) is 28.7 Å². The molecule has 0 spiro atoms. The molecule has 4 heterocycles. The Kier molecular flexibility index (Phi) is 3.81. The number of amides is 1. The Morgan fingerprint density at radius 2 is 2.20 bits per heavy atom. The molecule has 0 atom stereocenters. The molecule has 25 heavy (non-hydrogen) atoms. The average molecular weight is 357 g/mol. The minimum absolute atomic E-state index is 0.185. The van der Waals surface area contributed by atoms with E-state index in [9.17, 15) is 9.59 Å². The molecule has 9 heteroatoms. The summed E-state index contributed by atoms with van der Waals surface area (Å²) in [7, 11) is 0. The number of hydrogen-bond acceptors (Lipinski definition) is 5. The molecular weight excluding hydrogens is 344 g/mol. The lowest BCUT2D eigenvalue weighted by molar-refractivity contribution is 0.0725. The number of halogens is 1. The first kappa shape index (κ1) is 15.5. The molecule has 0 bridgehead atoms. The van der Waals surface area contributed by atoms with Gasteiger partial charge in [-0.2, -0.15) is 5.10 Å². The van der Waals surface area contributed by atoms with Gasteiger partial charge in [-0.15, -0.1) is 0 Å². The number of carbonyl (C=O) groups excluding carboxylic acids is 1. The van der Waals surface area contributed by atoms with Crippen LogP contribution >= 0.6 is 11.6 Å². The summed E-state index contributed by atoms with van der Waals surface area (Å²) in [6, 6.07) is 3.58. The number of aromatic amines is 2. The van der Waals surface area contributed by atoms with E-state index in [1.54, 1.807) is 23.4 Å². The third-order valence-corrected chi connectivity index (χ3v) is 4.39. The fraction of sp³-hybridized carbons (Fsp3) is 0.188. The summed E-state index contributed by atoms with van der Waals surface area (Å²) in [5, 5.41) is 6.64. The van der Waals surface area contributed by atoms with Crippen LogP contribution < -0.4 is 5.56 Å². The zero-order chi connectivity index (χ0) is 17.4. The highest BCUT2D eigenvalue weighted by Gasteiger charge is 2.27. The first-order valence-electron chi connectivity index (χ1n) is 7.64. The second-order valence-corrected chi connectivity index (χ2v) is 6.06. The van der Waals surface area contributed by atoms with Crippen LogP contribution in [-0.4, -0.2) is 42.5 Å². The Labute approximate surface area is 146 Å². The first-order chi connectivity index (χ1) is 12.1. The van der Waals surface area contributed by atoms with Crippen molar-refractivity contribution >= 4 is 17.5 Å². The summed E-state index contributed by atoms with van der Waals surface area (Å²) in [6.07, 6.45) is 5.09. The van der Waals surface area contributed by atoms with Crippen molar-refractivity contribution in [1.82, 2.24) is 30.0 Å². The molecule has 8 nitrogen and oxygen atoms in total. The number of aromatic nitrogens is 5. The number of hydrogen-bond donors (Lipinski definition) is 2. The molecule has 3 aromatic heterocycles. The number of rotatable bonds is 2. The van der Waals surface area contributed by atoms with Gasteiger partial charge in [-0.05, 0) is 18.6 Å². The predicted octanol–water partition coefficient (Wildman–Crippen LogP) is 1.41. The second-order valence-electron chi connectivity index (χ2n) is 5.65. The summed E-state index contributed by atoms with van der Waals surface area (Å²) < 4.78 is 0. The Balaban J connectivity index is 1.68. The highest BCUT2D eigenvalue weighted by Crippen LogP contribution is 2.21. The topological polar surface area (TPSA) is 108 Å². The third-order valence-electron chi connectivity index (χ3n) is 4.10. The number of H-pyrrole nitrogens is 2. The lowest BCUT2D eigenvalue weighted by atomic mass is 10.1. The summed E-state index contributed by atoms with van der Waals surface area (Å²) >= 11 is 5.97. The van der Waals surface area contributed by atoms with Gasteiger partial charge in [-0.25, -0.2) is 4.98 Å². The van der Waals surface area contributed by atoms with Crippen molar-refractivity contribution in [3.05, 3.63) is 63.1 Å². The van der Waals surface area contributed by atoms with Crippen LogP contribution in [0.1, 0.15) is 21.7 Å². The molecule has 126 valence electrons. The Morgan fingerprint density at radius 1 is 1.32 bits per heavy atom. The van der Waals surface area contributed by atoms with Crippen LogP contribution in [-0.2, 0) is 13.0 Å². The van der Waals surface area contributed by atoms with Gasteiger partial charge in [0.25, 0.3) is 11.5 Å². The third kappa shape index (κ3) is 2.80. The van der Waals surface area contributed by atoms with Crippen molar-refractivity contribution in [3.8, 4) is 11.4 Å². The normalized spacial score (nSPS) is 13.6.